The van der Waals surface area contributed by atoms with Gasteiger partial charge in [0.25, 0.3) is 0 Å². The van der Waals surface area contributed by atoms with Gasteiger partial charge in [0.2, 0.25) is 0 Å². The van der Waals surface area contributed by atoms with Gasteiger partial charge in [0.05, 0.1) is 6.54 Å². The first-order valence-corrected chi connectivity index (χ1v) is 8.88. The third kappa shape index (κ3) is 5.00. The van der Waals surface area contributed by atoms with Gasteiger partial charge in [-0.1, -0.05) is 6.92 Å². The van der Waals surface area contributed by atoms with Crippen LogP contribution >= 0.6 is 11.3 Å². The zero-order chi connectivity index (χ0) is 15.1. The smallest absolute Gasteiger partial charge is 0.191 e. The van der Waals surface area contributed by atoms with Crippen LogP contribution in [0.3, 0.4) is 0 Å². The third-order valence-corrected chi connectivity index (χ3v) is 5.08. The molecule has 4 nitrogen and oxygen atoms in total. The van der Waals surface area contributed by atoms with Crippen LogP contribution in [0.2, 0.25) is 0 Å². The number of hydrogen-bond donors (Lipinski definition) is 2. The molecule has 2 rings (SSSR count). The first kappa shape index (κ1) is 16.3. The first-order chi connectivity index (χ1) is 10.2. The Balaban J connectivity index is 1.82. The number of rotatable bonds is 6. The van der Waals surface area contributed by atoms with Crippen molar-refractivity contribution in [2.45, 2.75) is 33.7 Å². The summed E-state index contributed by atoms with van der Waals surface area (Å²) in [5.41, 5.74) is 1.34. The van der Waals surface area contributed by atoms with Gasteiger partial charge < -0.3 is 15.5 Å². The van der Waals surface area contributed by atoms with Crippen LogP contribution < -0.4 is 10.6 Å². The second kappa shape index (κ2) is 8.39. The molecule has 2 N–H and O–H groups in total. The summed E-state index contributed by atoms with van der Waals surface area (Å²) in [6, 6.07) is 2.16. The number of likely N-dealkylation sites (tertiary alicyclic amines) is 1. The molecule has 2 heterocycles. The molecule has 5 heteroatoms. The Morgan fingerprint density at radius 1 is 1.43 bits per heavy atom. The topological polar surface area (TPSA) is 39.7 Å². The van der Waals surface area contributed by atoms with Crippen molar-refractivity contribution < 1.29 is 0 Å². The molecule has 0 aromatic carbocycles. The Morgan fingerprint density at radius 2 is 2.29 bits per heavy atom. The average Bonchev–Trinajstić information content (AvgIpc) is 3.11. The van der Waals surface area contributed by atoms with E-state index in [0.717, 1.165) is 31.5 Å². The van der Waals surface area contributed by atoms with Crippen molar-refractivity contribution in [3.05, 3.63) is 21.9 Å². The largest absolute Gasteiger partial charge is 0.357 e. The molecule has 1 aromatic heterocycles. The summed E-state index contributed by atoms with van der Waals surface area (Å²) in [4.78, 5) is 8.58. The minimum absolute atomic E-state index is 0.747. The van der Waals surface area contributed by atoms with E-state index in [2.05, 4.69) is 47.8 Å². The predicted molar refractivity (Wildman–Crippen MR) is 92.1 cm³/mol. The standard InChI is InChI=1S/C16H28N4S/c1-4-17-16(19-11-15-13(3)7-9-21-15)18-10-14-6-8-20(5-2)12-14/h7,9,14H,4-6,8,10-12H2,1-3H3,(H2,17,18,19). The highest BCUT2D eigenvalue weighted by Gasteiger charge is 2.20. The third-order valence-electron chi connectivity index (χ3n) is 4.07. The molecule has 1 aromatic rings. The Kier molecular flexibility index (Phi) is 6.51. The lowest BCUT2D eigenvalue weighted by atomic mass is 10.1. The molecule has 0 spiro atoms. The van der Waals surface area contributed by atoms with Crippen LogP contribution in [0.5, 0.6) is 0 Å². The lowest BCUT2D eigenvalue weighted by Gasteiger charge is -2.16. The maximum Gasteiger partial charge on any atom is 0.191 e. The minimum atomic E-state index is 0.747. The van der Waals surface area contributed by atoms with Crippen molar-refractivity contribution in [3.63, 3.8) is 0 Å². The lowest BCUT2D eigenvalue weighted by Crippen LogP contribution is -2.40. The maximum atomic E-state index is 4.71. The summed E-state index contributed by atoms with van der Waals surface area (Å²) in [5, 5.41) is 8.99. The number of guanidine groups is 1. The summed E-state index contributed by atoms with van der Waals surface area (Å²) >= 11 is 1.79. The molecule has 1 unspecified atom stereocenters. The van der Waals surface area contributed by atoms with Crippen LogP contribution in [0.25, 0.3) is 0 Å². The van der Waals surface area contributed by atoms with E-state index in [4.69, 9.17) is 4.99 Å². The first-order valence-electron chi connectivity index (χ1n) is 8.00. The zero-order valence-corrected chi connectivity index (χ0v) is 14.3. The summed E-state index contributed by atoms with van der Waals surface area (Å²) in [6.07, 6.45) is 1.30. The predicted octanol–water partition coefficient (Wildman–Crippen LogP) is 2.45. The van der Waals surface area contributed by atoms with Crippen LogP contribution in [0, 0.1) is 12.8 Å². The lowest BCUT2D eigenvalue weighted by molar-refractivity contribution is 0.342. The van der Waals surface area contributed by atoms with Crippen molar-refractivity contribution >= 4 is 17.3 Å². The fraction of sp³-hybridized carbons (Fsp3) is 0.688. The van der Waals surface area contributed by atoms with Gasteiger partial charge >= 0.3 is 0 Å². The van der Waals surface area contributed by atoms with Gasteiger partial charge in [-0.25, -0.2) is 4.99 Å². The highest BCUT2D eigenvalue weighted by atomic mass is 32.1. The number of nitrogens with one attached hydrogen (secondary N) is 2. The van der Waals surface area contributed by atoms with E-state index in [1.165, 1.54) is 36.5 Å². The van der Waals surface area contributed by atoms with Crippen LogP contribution in [0.15, 0.2) is 16.4 Å². The van der Waals surface area contributed by atoms with Gasteiger partial charge in [0.1, 0.15) is 0 Å². The SMILES string of the molecule is CCNC(=NCc1sccc1C)NCC1CCN(CC)C1. The van der Waals surface area contributed by atoms with Gasteiger partial charge in [0, 0.05) is 24.5 Å². The molecule has 118 valence electrons. The van der Waals surface area contributed by atoms with Gasteiger partial charge in [-0.2, -0.15) is 0 Å². The second-order valence-electron chi connectivity index (χ2n) is 5.65. The molecule has 1 atom stereocenters. The maximum absolute atomic E-state index is 4.71. The number of aliphatic imine (C=N–C) groups is 1. The molecule has 0 saturated carbocycles. The number of thiophene rings is 1. The molecule has 1 aliphatic rings. The van der Waals surface area contributed by atoms with E-state index in [-0.39, 0.29) is 0 Å². The molecular weight excluding hydrogens is 280 g/mol. The minimum Gasteiger partial charge on any atom is -0.357 e. The molecule has 1 saturated heterocycles. The molecule has 1 fully saturated rings. The molecule has 0 amide bonds. The molecule has 0 bridgehead atoms. The van der Waals surface area contributed by atoms with E-state index in [1.807, 2.05) is 0 Å². The Morgan fingerprint density at radius 3 is 2.90 bits per heavy atom. The number of nitrogens with zero attached hydrogens (tertiary/aromatic N) is 2. The average molecular weight is 308 g/mol. The highest BCUT2D eigenvalue weighted by Crippen LogP contribution is 2.16. The Bertz CT molecular complexity index is 455. The molecule has 0 radical (unpaired) electrons. The van der Waals surface area contributed by atoms with Crippen molar-refractivity contribution in [2.75, 3.05) is 32.7 Å². The number of hydrogen-bond acceptors (Lipinski definition) is 3. The Hall–Kier alpha value is -1.07. The van der Waals surface area contributed by atoms with Crippen LogP contribution in [-0.4, -0.2) is 43.6 Å². The van der Waals surface area contributed by atoms with E-state index < -0.39 is 0 Å². The second-order valence-corrected chi connectivity index (χ2v) is 6.65. The van der Waals surface area contributed by atoms with Crippen LogP contribution in [-0.2, 0) is 6.54 Å². The van der Waals surface area contributed by atoms with Crippen molar-refractivity contribution in [1.29, 1.82) is 0 Å². The van der Waals surface area contributed by atoms with Gasteiger partial charge in [0.15, 0.2) is 5.96 Å². The summed E-state index contributed by atoms with van der Waals surface area (Å²) in [5.74, 6) is 1.69. The van der Waals surface area contributed by atoms with Crippen molar-refractivity contribution in [2.24, 2.45) is 10.9 Å². The summed E-state index contributed by atoms with van der Waals surface area (Å²) in [7, 11) is 0. The summed E-state index contributed by atoms with van der Waals surface area (Å²) < 4.78 is 0. The van der Waals surface area contributed by atoms with Gasteiger partial charge in [-0.3, -0.25) is 0 Å². The fourth-order valence-corrected chi connectivity index (χ4v) is 3.50. The van der Waals surface area contributed by atoms with E-state index in [0.29, 0.717) is 0 Å². The highest BCUT2D eigenvalue weighted by molar-refractivity contribution is 7.10. The zero-order valence-electron chi connectivity index (χ0n) is 13.5. The quantitative estimate of drug-likeness (QED) is 0.626. The van der Waals surface area contributed by atoms with E-state index in [9.17, 15) is 0 Å². The molecule has 0 aliphatic carbocycles. The van der Waals surface area contributed by atoms with Crippen LogP contribution in [0.1, 0.15) is 30.7 Å². The fourth-order valence-electron chi connectivity index (χ4n) is 2.67. The molecule has 1 aliphatic heterocycles. The van der Waals surface area contributed by atoms with Gasteiger partial charge in [-0.15, -0.1) is 11.3 Å². The van der Waals surface area contributed by atoms with Gasteiger partial charge in [-0.05, 0) is 56.3 Å². The van der Waals surface area contributed by atoms with E-state index >= 15 is 0 Å². The van der Waals surface area contributed by atoms with E-state index in [1.54, 1.807) is 11.3 Å². The summed E-state index contributed by atoms with van der Waals surface area (Å²) in [6.45, 7) is 12.8. The van der Waals surface area contributed by atoms with Crippen LogP contribution in [0.4, 0.5) is 0 Å². The molecular formula is C16H28N4S. The van der Waals surface area contributed by atoms with Crippen molar-refractivity contribution in [3.8, 4) is 0 Å². The Labute approximate surface area is 132 Å². The number of aryl methyl sites for hydroxylation is 1. The molecule has 21 heavy (non-hydrogen) atoms. The van der Waals surface area contributed by atoms with Crippen molar-refractivity contribution in [1.82, 2.24) is 15.5 Å². The normalized spacial score (nSPS) is 20.0. The monoisotopic (exact) mass is 308 g/mol.